The van der Waals surface area contributed by atoms with E-state index in [0.29, 0.717) is 5.01 Å². The van der Waals surface area contributed by atoms with Gasteiger partial charge in [0, 0.05) is 6.54 Å². The molecule has 6 nitrogen and oxygen atoms in total. The van der Waals surface area contributed by atoms with Crippen LogP contribution in [0.25, 0.3) is 21.3 Å². The van der Waals surface area contributed by atoms with Crippen molar-refractivity contribution in [1.29, 1.82) is 0 Å². The predicted octanol–water partition coefficient (Wildman–Crippen LogP) is 3.27. The number of alkyl halides is 3. The quantitative estimate of drug-likeness (QED) is 0.530. The van der Waals surface area contributed by atoms with Gasteiger partial charge in [0.15, 0.2) is 0 Å². The first-order chi connectivity index (χ1) is 14.3. The largest absolute Gasteiger partial charge is 0.522 e. The standard InChI is InChI=1S/C20H18F3N3O3S/c21-20(22,23)29-9-8-24-18(28)12-25-17(27)11-19-26-15-7-6-14(10-16(15)30-19)13-4-2-1-3-5-13/h1-7,10H,8-9,11-12H2,(H,24,28)(H,25,27). The van der Waals surface area contributed by atoms with E-state index < -0.39 is 24.8 Å². The third-order valence-corrected chi connectivity index (χ3v) is 5.01. The second-order valence-electron chi connectivity index (χ2n) is 6.25. The molecule has 1 heterocycles. The lowest BCUT2D eigenvalue weighted by atomic mass is 10.1. The number of carbonyl (C=O) groups is 2. The van der Waals surface area contributed by atoms with Crippen LogP contribution in [0.4, 0.5) is 13.2 Å². The maximum absolute atomic E-state index is 12.0. The molecular formula is C20H18F3N3O3S. The van der Waals surface area contributed by atoms with Crippen molar-refractivity contribution in [3.05, 3.63) is 53.5 Å². The third-order valence-electron chi connectivity index (χ3n) is 3.99. The molecule has 0 saturated carbocycles. The van der Waals surface area contributed by atoms with Gasteiger partial charge in [-0.15, -0.1) is 24.5 Å². The summed E-state index contributed by atoms with van der Waals surface area (Å²) >= 11 is 1.39. The second kappa shape index (κ2) is 9.68. The lowest BCUT2D eigenvalue weighted by Crippen LogP contribution is -2.39. The van der Waals surface area contributed by atoms with Gasteiger partial charge in [-0.2, -0.15) is 0 Å². The summed E-state index contributed by atoms with van der Waals surface area (Å²) in [5.74, 6) is -1.01. The molecule has 2 amide bonds. The zero-order chi connectivity index (χ0) is 21.6. The Hall–Kier alpha value is -2.98. The molecular weight excluding hydrogens is 419 g/mol. The smallest absolute Gasteiger partial charge is 0.352 e. The summed E-state index contributed by atoms with van der Waals surface area (Å²) in [6, 6.07) is 15.8. The minimum absolute atomic E-state index is 0.00445. The first-order valence-corrected chi connectivity index (χ1v) is 9.81. The minimum Gasteiger partial charge on any atom is -0.352 e. The van der Waals surface area contributed by atoms with Gasteiger partial charge in [-0.05, 0) is 23.3 Å². The van der Waals surface area contributed by atoms with Crippen LogP contribution < -0.4 is 10.6 Å². The average molecular weight is 437 g/mol. The van der Waals surface area contributed by atoms with Crippen LogP contribution in [-0.4, -0.2) is 42.9 Å². The number of halogens is 3. The molecule has 0 aliphatic carbocycles. The number of benzene rings is 2. The van der Waals surface area contributed by atoms with Crippen LogP contribution in [0.3, 0.4) is 0 Å². The zero-order valence-electron chi connectivity index (χ0n) is 15.7. The van der Waals surface area contributed by atoms with Crippen molar-refractivity contribution in [1.82, 2.24) is 15.6 Å². The maximum Gasteiger partial charge on any atom is 0.522 e. The summed E-state index contributed by atoms with van der Waals surface area (Å²) in [5, 5.41) is 5.25. The molecule has 0 fully saturated rings. The van der Waals surface area contributed by atoms with E-state index in [1.54, 1.807) is 0 Å². The Labute approximate surface area is 174 Å². The Kier molecular flexibility index (Phi) is 7.01. The van der Waals surface area contributed by atoms with E-state index in [1.807, 2.05) is 48.5 Å². The van der Waals surface area contributed by atoms with Gasteiger partial charge in [-0.1, -0.05) is 36.4 Å². The Morgan fingerprint density at radius 2 is 1.77 bits per heavy atom. The minimum atomic E-state index is -4.74. The topological polar surface area (TPSA) is 80.3 Å². The number of thiazole rings is 1. The van der Waals surface area contributed by atoms with Crippen molar-refractivity contribution in [2.75, 3.05) is 19.7 Å². The normalized spacial score (nSPS) is 11.4. The van der Waals surface area contributed by atoms with E-state index in [2.05, 4.69) is 20.4 Å². The molecule has 3 rings (SSSR count). The van der Waals surface area contributed by atoms with Gasteiger partial charge in [0.05, 0.1) is 29.8 Å². The van der Waals surface area contributed by atoms with Crippen LogP contribution in [0, 0.1) is 0 Å². The van der Waals surface area contributed by atoms with Gasteiger partial charge in [0.1, 0.15) is 5.01 Å². The monoisotopic (exact) mass is 437 g/mol. The predicted molar refractivity (Wildman–Crippen MR) is 107 cm³/mol. The zero-order valence-corrected chi connectivity index (χ0v) is 16.5. The first kappa shape index (κ1) is 21.7. The van der Waals surface area contributed by atoms with Crippen molar-refractivity contribution in [3.8, 4) is 11.1 Å². The third kappa shape index (κ3) is 6.53. The summed E-state index contributed by atoms with van der Waals surface area (Å²) in [5.41, 5.74) is 2.91. The second-order valence-corrected chi connectivity index (χ2v) is 7.37. The fourth-order valence-corrected chi connectivity index (χ4v) is 3.66. The van der Waals surface area contributed by atoms with Crippen molar-refractivity contribution in [3.63, 3.8) is 0 Å². The molecule has 0 radical (unpaired) electrons. The van der Waals surface area contributed by atoms with Gasteiger partial charge < -0.3 is 10.6 Å². The fraction of sp³-hybridized carbons (Fsp3) is 0.250. The van der Waals surface area contributed by atoms with Gasteiger partial charge in [0.2, 0.25) is 11.8 Å². The number of hydrogen-bond acceptors (Lipinski definition) is 5. The van der Waals surface area contributed by atoms with Crippen LogP contribution >= 0.6 is 11.3 Å². The van der Waals surface area contributed by atoms with Gasteiger partial charge in [0.25, 0.3) is 0 Å². The van der Waals surface area contributed by atoms with E-state index in [-0.39, 0.29) is 19.5 Å². The molecule has 0 bridgehead atoms. The molecule has 0 aliphatic rings. The number of fused-ring (bicyclic) bond motifs is 1. The summed E-state index contributed by atoms with van der Waals surface area (Å²) in [4.78, 5) is 28.0. The highest BCUT2D eigenvalue weighted by atomic mass is 32.1. The number of rotatable bonds is 8. The molecule has 3 aromatic rings. The lowest BCUT2D eigenvalue weighted by Gasteiger charge is -2.08. The Balaban J connectivity index is 1.48. The van der Waals surface area contributed by atoms with E-state index in [9.17, 15) is 22.8 Å². The number of nitrogens with zero attached hydrogens (tertiary/aromatic N) is 1. The van der Waals surface area contributed by atoms with Gasteiger partial charge in [-0.3, -0.25) is 14.3 Å². The average Bonchev–Trinajstić information content (AvgIpc) is 3.11. The van der Waals surface area contributed by atoms with E-state index >= 15 is 0 Å². The van der Waals surface area contributed by atoms with Crippen LogP contribution in [-0.2, 0) is 20.7 Å². The molecule has 0 aliphatic heterocycles. The number of amides is 2. The van der Waals surface area contributed by atoms with Crippen molar-refractivity contribution >= 4 is 33.4 Å². The first-order valence-electron chi connectivity index (χ1n) is 8.99. The highest BCUT2D eigenvalue weighted by Gasteiger charge is 2.28. The van der Waals surface area contributed by atoms with Crippen LogP contribution in [0.1, 0.15) is 5.01 Å². The molecule has 10 heteroatoms. The molecule has 30 heavy (non-hydrogen) atoms. The molecule has 0 saturated heterocycles. The van der Waals surface area contributed by atoms with Crippen LogP contribution in [0.5, 0.6) is 0 Å². The maximum atomic E-state index is 12.0. The SMILES string of the molecule is O=C(CNC(=O)Cc1nc2ccc(-c3ccccc3)cc2s1)NCCOC(F)(F)F. The Morgan fingerprint density at radius 3 is 2.50 bits per heavy atom. The van der Waals surface area contributed by atoms with Crippen LogP contribution in [0.15, 0.2) is 48.5 Å². The highest BCUT2D eigenvalue weighted by Crippen LogP contribution is 2.28. The fourth-order valence-electron chi connectivity index (χ4n) is 2.66. The van der Waals surface area contributed by atoms with Crippen LogP contribution in [0.2, 0.25) is 0 Å². The summed E-state index contributed by atoms with van der Waals surface area (Å²) in [7, 11) is 0. The number of aromatic nitrogens is 1. The Morgan fingerprint density at radius 1 is 1.00 bits per heavy atom. The van der Waals surface area contributed by atoms with Crippen molar-refractivity contribution in [2.24, 2.45) is 0 Å². The molecule has 0 atom stereocenters. The lowest BCUT2D eigenvalue weighted by molar-refractivity contribution is -0.323. The molecule has 0 unspecified atom stereocenters. The molecule has 2 aromatic carbocycles. The molecule has 0 spiro atoms. The van der Waals surface area contributed by atoms with Crippen molar-refractivity contribution < 1.29 is 27.5 Å². The summed E-state index contributed by atoms with van der Waals surface area (Å²) in [6.45, 7) is -1.34. The highest BCUT2D eigenvalue weighted by molar-refractivity contribution is 7.18. The van der Waals surface area contributed by atoms with E-state index in [1.165, 1.54) is 11.3 Å². The molecule has 2 N–H and O–H groups in total. The number of ether oxygens (including phenoxy) is 1. The van der Waals surface area contributed by atoms with E-state index in [4.69, 9.17) is 0 Å². The molecule has 1 aromatic heterocycles. The van der Waals surface area contributed by atoms with Crippen molar-refractivity contribution in [2.45, 2.75) is 12.8 Å². The number of nitrogens with one attached hydrogen (secondary N) is 2. The molecule has 158 valence electrons. The van der Waals surface area contributed by atoms with Gasteiger partial charge in [-0.25, -0.2) is 4.98 Å². The Bertz CT molecular complexity index is 1020. The summed E-state index contributed by atoms with van der Waals surface area (Å²) in [6.07, 6.45) is -4.73. The number of carbonyl (C=O) groups excluding carboxylic acids is 2. The van der Waals surface area contributed by atoms with E-state index in [0.717, 1.165) is 21.3 Å². The number of hydrogen-bond donors (Lipinski definition) is 2. The van der Waals surface area contributed by atoms with Gasteiger partial charge >= 0.3 is 6.36 Å². The summed E-state index contributed by atoms with van der Waals surface area (Å²) < 4.78 is 40.0.